The minimum Gasteiger partial charge on any atom is -0.391 e. The minimum atomic E-state index is -0.511. The Morgan fingerprint density at radius 1 is 1.60 bits per heavy atom. The van der Waals surface area contributed by atoms with Crippen molar-refractivity contribution in [3.8, 4) is 0 Å². The van der Waals surface area contributed by atoms with Crippen molar-refractivity contribution in [2.45, 2.75) is 26.0 Å². The average Bonchev–Trinajstić information content (AvgIpc) is 2.49. The lowest BCUT2D eigenvalue weighted by atomic mass is 10.2. The monoisotopic (exact) mass is 206 g/mol. The first kappa shape index (κ1) is 10.1. The Morgan fingerprint density at radius 2 is 2.40 bits per heavy atom. The van der Waals surface area contributed by atoms with E-state index in [9.17, 15) is 9.90 Å². The molecule has 2 heterocycles. The molecule has 0 aliphatic carbocycles. The highest BCUT2D eigenvalue weighted by Crippen LogP contribution is 2.13. The second-order valence-electron chi connectivity index (χ2n) is 3.96. The van der Waals surface area contributed by atoms with Crippen LogP contribution in [0.4, 0.5) is 0 Å². The molecule has 1 aromatic rings. The summed E-state index contributed by atoms with van der Waals surface area (Å²) >= 11 is 0. The first-order chi connectivity index (χ1) is 7.15. The lowest BCUT2D eigenvalue weighted by molar-refractivity contribution is -0.128. The van der Waals surface area contributed by atoms with Gasteiger partial charge in [0, 0.05) is 12.7 Å². The Balaban J connectivity index is 2.03. The molecule has 80 valence electrons. The molecule has 0 spiro atoms. The summed E-state index contributed by atoms with van der Waals surface area (Å²) in [7, 11) is 0. The average molecular weight is 206 g/mol. The Bertz CT molecular complexity index is 361. The number of aliphatic hydroxyl groups is 1. The Morgan fingerprint density at radius 3 is 2.93 bits per heavy atom. The first-order valence-corrected chi connectivity index (χ1v) is 5.02. The van der Waals surface area contributed by atoms with E-state index >= 15 is 0 Å². The highest BCUT2D eigenvalue weighted by atomic mass is 16.3. The summed E-state index contributed by atoms with van der Waals surface area (Å²) in [5.41, 5.74) is 1.97. The third-order valence-electron chi connectivity index (χ3n) is 2.52. The molecule has 15 heavy (non-hydrogen) atoms. The summed E-state index contributed by atoms with van der Waals surface area (Å²) < 4.78 is 0. The van der Waals surface area contributed by atoms with Crippen LogP contribution < -0.4 is 0 Å². The molecule has 4 heteroatoms. The molecule has 0 saturated carbocycles. The van der Waals surface area contributed by atoms with E-state index in [4.69, 9.17) is 0 Å². The number of pyridine rings is 1. The van der Waals surface area contributed by atoms with E-state index in [2.05, 4.69) is 4.98 Å². The smallest absolute Gasteiger partial charge is 0.225 e. The summed E-state index contributed by atoms with van der Waals surface area (Å²) in [6.45, 7) is 2.89. The van der Waals surface area contributed by atoms with Gasteiger partial charge in [0.25, 0.3) is 0 Å². The zero-order chi connectivity index (χ0) is 10.8. The highest BCUT2D eigenvalue weighted by Gasteiger charge is 2.27. The molecule has 1 unspecified atom stereocenters. The Hall–Kier alpha value is -1.42. The topological polar surface area (TPSA) is 53.4 Å². The fourth-order valence-electron chi connectivity index (χ4n) is 1.69. The number of aryl methyl sites for hydroxylation is 1. The van der Waals surface area contributed by atoms with Gasteiger partial charge in [-0.15, -0.1) is 0 Å². The van der Waals surface area contributed by atoms with Gasteiger partial charge in [-0.3, -0.25) is 9.78 Å². The number of β-amino-alcohol motifs (C(OH)–C–C–N with tert-alkyl or cyclic N) is 1. The number of nitrogens with zero attached hydrogens (tertiary/aromatic N) is 2. The maximum Gasteiger partial charge on any atom is 0.225 e. The van der Waals surface area contributed by atoms with E-state index in [1.165, 1.54) is 0 Å². The van der Waals surface area contributed by atoms with Crippen LogP contribution in [0, 0.1) is 6.92 Å². The fraction of sp³-hybridized carbons (Fsp3) is 0.455. The molecular formula is C11H14N2O2. The molecule has 1 N–H and O–H groups in total. The SMILES string of the molecule is Cc1ccc(CN2CC(O)CC2=O)nc1. The quantitative estimate of drug-likeness (QED) is 0.766. The van der Waals surface area contributed by atoms with Crippen LogP contribution in [0.3, 0.4) is 0 Å². The molecule has 0 bridgehead atoms. The lowest BCUT2D eigenvalue weighted by Gasteiger charge is -2.14. The number of aliphatic hydroxyl groups excluding tert-OH is 1. The summed E-state index contributed by atoms with van der Waals surface area (Å²) in [5.74, 6) is 0.00451. The summed E-state index contributed by atoms with van der Waals surface area (Å²) in [6, 6.07) is 3.88. The predicted octanol–water partition coefficient (Wildman–Crippen LogP) is 0.483. The number of carbonyl (C=O) groups excluding carboxylic acids is 1. The normalized spacial score (nSPS) is 21.1. The third-order valence-corrected chi connectivity index (χ3v) is 2.52. The van der Waals surface area contributed by atoms with Gasteiger partial charge in [0.05, 0.1) is 24.8 Å². The van der Waals surface area contributed by atoms with Crippen molar-refractivity contribution < 1.29 is 9.90 Å². The van der Waals surface area contributed by atoms with Crippen molar-refractivity contribution >= 4 is 5.91 Å². The van der Waals surface area contributed by atoms with E-state index in [-0.39, 0.29) is 12.3 Å². The summed E-state index contributed by atoms with van der Waals surface area (Å²) in [5, 5.41) is 9.31. The molecule has 1 atom stereocenters. The van der Waals surface area contributed by atoms with E-state index in [0.29, 0.717) is 13.1 Å². The van der Waals surface area contributed by atoms with Crippen molar-refractivity contribution in [3.05, 3.63) is 29.6 Å². The standard InChI is InChI=1S/C11H14N2O2/c1-8-2-3-9(12-5-8)6-13-7-10(14)4-11(13)15/h2-3,5,10,14H,4,6-7H2,1H3. The van der Waals surface area contributed by atoms with Crippen LogP contribution >= 0.6 is 0 Å². The maximum atomic E-state index is 11.4. The van der Waals surface area contributed by atoms with Crippen molar-refractivity contribution in [1.82, 2.24) is 9.88 Å². The van der Waals surface area contributed by atoms with Crippen molar-refractivity contribution in [1.29, 1.82) is 0 Å². The van der Waals surface area contributed by atoms with Crippen LogP contribution in [-0.4, -0.2) is 33.5 Å². The second kappa shape index (κ2) is 3.98. The van der Waals surface area contributed by atoms with Gasteiger partial charge in [0.2, 0.25) is 5.91 Å². The number of carbonyl (C=O) groups is 1. The number of hydrogen-bond donors (Lipinski definition) is 1. The Kier molecular flexibility index (Phi) is 2.68. The zero-order valence-corrected chi connectivity index (χ0v) is 8.68. The molecule has 0 aromatic carbocycles. The number of likely N-dealkylation sites (tertiary alicyclic amines) is 1. The van der Waals surface area contributed by atoms with Crippen LogP contribution in [0.1, 0.15) is 17.7 Å². The van der Waals surface area contributed by atoms with E-state index in [1.807, 2.05) is 19.1 Å². The van der Waals surface area contributed by atoms with Gasteiger partial charge in [-0.25, -0.2) is 0 Å². The van der Waals surface area contributed by atoms with Gasteiger partial charge in [-0.2, -0.15) is 0 Å². The largest absolute Gasteiger partial charge is 0.391 e. The molecule has 2 rings (SSSR count). The highest BCUT2D eigenvalue weighted by molar-refractivity contribution is 5.78. The number of hydrogen-bond acceptors (Lipinski definition) is 3. The van der Waals surface area contributed by atoms with Gasteiger partial charge in [-0.05, 0) is 18.6 Å². The zero-order valence-electron chi connectivity index (χ0n) is 8.68. The van der Waals surface area contributed by atoms with E-state index in [1.54, 1.807) is 11.1 Å². The fourth-order valence-corrected chi connectivity index (χ4v) is 1.69. The van der Waals surface area contributed by atoms with Crippen LogP contribution in [0.5, 0.6) is 0 Å². The van der Waals surface area contributed by atoms with Gasteiger partial charge < -0.3 is 10.0 Å². The summed E-state index contributed by atoms with van der Waals surface area (Å²) in [6.07, 6.45) is 1.51. The second-order valence-corrected chi connectivity index (χ2v) is 3.96. The first-order valence-electron chi connectivity index (χ1n) is 5.02. The predicted molar refractivity (Wildman–Crippen MR) is 55.0 cm³/mol. The number of amides is 1. The van der Waals surface area contributed by atoms with Gasteiger partial charge in [0.1, 0.15) is 0 Å². The van der Waals surface area contributed by atoms with Gasteiger partial charge >= 0.3 is 0 Å². The minimum absolute atomic E-state index is 0.00451. The molecular weight excluding hydrogens is 192 g/mol. The molecule has 1 aromatic heterocycles. The van der Waals surface area contributed by atoms with E-state index < -0.39 is 6.10 Å². The molecule has 1 aliphatic rings. The van der Waals surface area contributed by atoms with Crippen LogP contribution in [0.2, 0.25) is 0 Å². The van der Waals surface area contributed by atoms with Crippen molar-refractivity contribution in [3.63, 3.8) is 0 Å². The molecule has 1 amide bonds. The van der Waals surface area contributed by atoms with Gasteiger partial charge in [0.15, 0.2) is 0 Å². The molecule has 0 radical (unpaired) electrons. The molecule has 1 saturated heterocycles. The summed E-state index contributed by atoms with van der Waals surface area (Å²) in [4.78, 5) is 17.3. The molecule has 4 nitrogen and oxygen atoms in total. The number of rotatable bonds is 2. The van der Waals surface area contributed by atoms with Crippen molar-refractivity contribution in [2.24, 2.45) is 0 Å². The third kappa shape index (κ3) is 2.33. The maximum absolute atomic E-state index is 11.4. The van der Waals surface area contributed by atoms with E-state index in [0.717, 1.165) is 11.3 Å². The van der Waals surface area contributed by atoms with Crippen LogP contribution in [0.15, 0.2) is 18.3 Å². The molecule has 1 fully saturated rings. The number of aromatic nitrogens is 1. The van der Waals surface area contributed by atoms with Crippen LogP contribution in [0.25, 0.3) is 0 Å². The lowest BCUT2D eigenvalue weighted by Crippen LogP contribution is -2.25. The van der Waals surface area contributed by atoms with Crippen LogP contribution in [-0.2, 0) is 11.3 Å². The van der Waals surface area contributed by atoms with Crippen molar-refractivity contribution in [2.75, 3.05) is 6.54 Å². The van der Waals surface area contributed by atoms with Gasteiger partial charge in [-0.1, -0.05) is 6.07 Å². The Labute approximate surface area is 88.6 Å². The molecule has 1 aliphatic heterocycles.